The number of nitro groups is 1. The van der Waals surface area contributed by atoms with Crippen LogP contribution < -0.4 is 10.2 Å². The number of benzene rings is 2. The summed E-state index contributed by atoms with van der Waals surface area (Å²) in [4.78, 5) is 12.6. The van der Waals surface area contributed by atoms with Crippen LogP contribution in [0.1, 0.15) is 11.1 Å². The lowest BCUT2D eigenvalue weighted by molar-refractivity contribution is -0.384. The number of nitro benzene ring substituents is 1. The summed E-state index contributed by atoms with van der Waals surface area (Å²) in [5, 5.41) is 14.1. The Kier molecular flexibility index (Phi) is 3.83. The Balaban J connectivity index is 1.82. The van der Waals surface area contributed by atoms with Crippen molar-refractivity contribution in [1.29, 1.82) is 0 Å². The third kappa shape index (κ3) is 3.03. The summed E-state index contributed by atoms with van der Waals surface area (Å²) in [5.74, 6) is 0. The number of rotatable bonds is 3. The van der Waals surface area contributed by atoms with Crippen molar-refractivity contribution in [3.05, 3.63) is 69.8 Å². The molecule has 0 unspecified atom stereocenters. The van der Waals surface area contributed by atoms with Crippen molar-refractivity contribution >= 4 is 11.4 Å². The molecule has 3 rings (SSSR count). The van der Waals surface area contributed by atoms with Crippen LogP contribution >= 0.6 is 0 Å². The fourth-order valence-electron chi connectivity index (χ4n) is 2.63. The van der Waals surface area contributed by atoms with Crippen LogP contribution in [0.15, 0.2) is 48.5 Å². The van der Waals surface area contributed by atoms with Crippen LogP contribution in [0.2, 0.25) is 0 Å². The fourth-order valence-corrected chi connectivity index (χ4v) is 2.63. The van der Waals surface area contributed by atoms with Crippen molar-refractivity contribution in [1.82, 2.24) is 5.32 Å². The first kappa shape index (κ1) is 13.6. The first-order chi connectivity index (χ1) is 10.2. The minimum absolute atomic E-state index is 0.136. The van der Waals surface area contributed by atoms with Gasteiger partial charge in [-0.05, 0) is 17.2 Å². The molecule has 0 aromatic heterocycles. The largest absolute Gasteiger partial charge is 0.366 e. The Bertz CT molecular complexity index is 640. The molecule has 21 heavy (non-hydrogen) atoms. The smallest absolute Gasteiger partial charge is 0.269 e. The standard InChI is InChI=1S/C16H17N3O2/c20-19(21)15-7-5-13(6-8-15)12-18-10-9-17-11-14-3-1-2-4-16(14)18/h1-8,17H,9-12H2. The molecule has 1 N–H and O–H groups in total. The average Bonchev–Trinajstić information content (AvgIpc) is 2.71. The van der Waals surface area contributed by atoms with Crippen LogP contribution in [0.5, 0.6) is 0 Å². The number of nitrogens with one attached hydrogen (secondary N) is 1. The highest BCUT2D eigenvalue weighted by atomic mass is 16.6. The highest BCUT2D eigenvalue weighted by Crippen LogP contribution is 2.24. The number of hydrogen-bond donors (Lipinski definition) is 1. The molecule has 2 aromatic rings. The van der Waals surface area contributed by atoms with Gasteiger partial charge in [-0.2, -0.15) is 0 Å². The maximum Gasteiger partial charge on any atom is 0.269 e. The average molecular weight is 283 g/mol. The lowest BCUT2D eigenvalue weighted by Crippen LogP contribution is -2.28. The van der Waals surface area contributed by atoms with Gasteiger partial charge < -0.3 is 10.2 Å². The normalized spacial score (nSPS) is 14.4. The van der Waals surface area contributed by atoms with Crippen molar-refractivity contribution in [3.63, 3.8) is 0 Å². The van der Waals surface area contributed by atoms with Gasteiger partial charge in [-0.15, -0.1) is 0 Å². The monoisotopic (exact) mass is 283 g/mol. The molecular formula is C16H17N3O2. The molecule has 5 nitrogen and oxygen atoms in total. The van der Waals surface area contributed by atoms with Crippen LogP contribution in [0.4, 0.5) is 11.4 Å². The predicted molar refractivity (Wildman–Crippen MR) is 82.3 cm³/mol. The molecule has 0 spiro atoms. The van der Waals surface area contributed by atoms with Gasteiger partial charge in [-0.3, -0.25) is 10.1 Å². The van der Waals surface area contributed by atoms with E-state index in [-0.39, 0.29) is 10.6 Å². The number of non-ortho nitro benzene ring substituents is 1. The van der Waals surface area contributed by atoms with Crippen LogP contribution in [0, 0.1) is 10.1 Å². The third-order valence-electron chi connectivity index (χ3n) is 3.73. The van der Waals surface area contributed by atoms with Gasteiger partial charge in [0.1, 0.15) is 0 Å². The molecule has 1 heterocycles. The van der Waals surface area contributed by atoms with Crippen LogP contribution in [0.3, 0.4) is 0 Å². The molecule has 2 aromatic carbocycles. The molecule has 0 amide bonds. The quantitative estimate of drug-likeness (QED) is 0.695. The number of anilines is 1. The highest BCUT2D eigenvalue weighted by Gasteiger charge is 2.15. The summed E-state index contributed by atoms with van der Waals surface area (Å²) in [5.41, 5.74) is 3.74. The van der Waals surface area contributed by atoms with Gasteiger partial charge in [0.2, 0.25) is 0 Å². The second-order valence-corrected chi connectivity index (χ2v) is 5.15. The number of nitrogens with zero attached hydrogens (tertiary/aromatic N) is 2. The molecule has 0 fully saturated rings. The molecule has 0 radical (unpaired) electrons. The predicted octanol–water partition coefficient (Wildman–Crippen LogP) is 2.70. The Morgan fingerprint density at radius 3 is 2.67 bits per heavy atom. The van der Waals surface area contributed by atoms with E-state index in [1.165, 1.54) is 11.3 Å². The lowest BCUT2D eigenvalue weighted by atomic mass is 10.1. The fraction of sp³-hybridized carbons (Fsp3) is 0.250. The minimum Gasteiger partial charge on any atom is -0.366 e. The van der Waals surface area contributed by atoms with E-state index in [1.54, 1.807) is 12.1 Å². The molecule has 0 saturated heterocycles. The Labute approximate surface area is 123 Å². The van der Waals surface area contributed by atoms with Gasteiger partial charge in [0.05, 0.1) is 4.92 Å². The Hall–Kier alpha value is -2.40. The molecule has 0 saturated carbocycles. The maximum absolute atomic E-state index is 10.7. The topological polar surface area (TPSA) is 58.4 Å². The van der Waals surface area contributed by atoms with Gasteiger partial charge in [-0.1, -0.05) is 30.3 Å². The molecule has 1 aliphatic heterocycles. The van der Waals surface area contributed by atoms with E-state index < -0.39 is 0 Å². The van der Waals surface area contributed by atoms with E-state index in [0.29, 0.717) is 0 Å². The van der Waals surface area contributed by atoms with Crippen molar-refractivity contribution in [3.8, 4) is 0 Å². The van der Waals surface area contributed by atoms with E-state index in [1.807, 2.05) is 18.2 Å². The summed E-state index contributed by atoms with van der Waals surface area (Å²) in [6.07, 6.45) is 0. The van der Waals surface area contributed by atoms with Crippen molar-refractivity contribution in [2.45, 2.75) is 13.1 Å². The van der Waals surface area contributed by atoms with Crippen molar-refractivity contribution in [2.24, 2.45) is 0 Å². The second kappa shape index (κ2) is 5.93. The zero-order valence-electron chi connectivity index (χ0n) is 11.7. The molecule has 108 valence electrons. The first-order valence-corrected chi connectivity index (χ1v) is 7.01. The summed E-state index contributed by atoms with van der Waals surface area (Å²) in [6.45, 7) is 3.50. The number of hydrogen-bond acceptors (Lipinski definition) is 4. The van der Waals surface area contributed by atoms with Crippen molar-refractivity contribution in [2.75, 3.05) is 18.0 Å². The first-order valence-electron chi connectivity index (χ1n) is 7.01. The zero-order valence-corrected chi connectivity index (χ0v) is 11.7. The summed E-state index contributed by atoms with van der Waals surface area (Å²) in [7, 11) is 0. The SMILES string of the molecule is O=[N+]([O-])c1ccc(CN2CCNCc3ccccc32)cc1. The minimum atomic E-state index is -0.366. The third-order valence-corrected chi connectivity index (χ3v) is 3.73. The van der Waals surface area contributed by atoms with Gasteiger partial charge in [0.25, 0.3) is 5.69 Å². The summed E-state index contributed by atoms with van der Waals surface area (Å²) in [6, 6.07) is 15.2. The van der Waals surface area contributed by atoms with E-state index >= 15 is 0 Å². The molecule has 0 aliphatic carbocycles. The van der Waals surface area contributed by atoms with E-state index in [0.717, 1.165) is 31.7 Å². The van der Waals surface area contributed by atoms with Crippen LogP contribution in [-0.4, -0.2) is 18.0 Å². The molecular weight excluding hydrogens is 266 g/mol. The van der Waals surface area contributed by atoms with Gasteiger partial charge in [-0.25, -0.2) is 0 Å². The summed E-state index contributed by atoms with van der Waals surface area (Å²) >= 11 is 0. The molecule has 5 heteroatoms. The molecule has 0 bridgehead atoms. The van der Waals surface area contributed by atoms with E-state index in [4.69, 9.17) is 0 Å². The maximum atomic E-state index is 10.7. The Morgan fingerprint density at radius 1 is 1.14 bits per heavy atom. The van der Waals surface area contributed by atoms with Gasteiger partial charge >= 0.3 is 0 Å². The van der Waals surface area contributed by atoms with Crippen molar-refractivity contribution < 1.29 is 4.92 Å². The van der Waals surface area contributed by atoms with E-state index in [2.05, 4.69) is 28.4 Å². The van der Waals surface area contributed by atoms with Crippen LogP contribution in [-0.2, 0) is 13.1 Å². The van der Waals surface area contributed by atoms with E-state index in [9.17, 15) is 10.1 Å². The molecule has 0 atom stereocenters. The zero-order chi connectivity index (χ0) is 14.7. The number of para-hydroxylation sites is 1. The van der Waals surface area contributed by atoms with Gasteiger partial charge in [0.15, 0.2) is 0 Å². The lowest BCUT2D eigenvalue weighted by Gasteiger charge is -2.24. The summed E-state index contributed by atoms with van der Waals surface area (Å²) < 4.78 is 0. The highest BCUT2D eigenvalue weighted by molar-refractivity contribution is 5.54. The Morgan fingerprint density at radius 2 is 1.90 bits per heavy atom. The van der Waals surface area contributed by atoms with Crippen LogP contribution in [0.25, 0.3) is 0 Å². The number of fused-ring (bicyclic) bond motifs is 1. The van der Waals surface area contributed by atoms with Gasteiger partial charge in [0, 0.05) is 44.0 Å². The second-order valence-electron chi connectivity index (χ2n) is 5.15. The molecule has 1 aliphatic rings.